The zero-order valence-corrected chi connectivity index (χ0v) is 24.4. The fourth-order valence-corrected chi connectivity index (χ4v) is 4.44. The summed E-state index contributed by atoms with van der Waals surface area (Å²) in [6.45, 7) is 4.12. The van der Waals surface area contributed by atoms with Crippen LogP contribution in [0.2, 0.25) is 0 Å². The maximum absolute atomic E-state index is 12.6. The van der Waals surface area contributed by atoms with Crippen molar-refractivity contribution in [2.45, 2.75) is 20.5 Å². The van der Waals surface area contributed by atoms with E-state index in [0.717, 1.165) is 47.6 Å². The number of hydrazone groups is 1. The number of benzene rings is 3. The summed E-state index contributed by atoms with van der Waals surface area (Å²) in [5, 5.41) is 26.0. The summed E-state index contributed by atoms with van der Waals surface area (Å²) in [6.07, 6.45) is 1.07. The molecule has 2 heterocycles. The maximum atomic E-state index is 12.6. The molecule has 1 amide bonds. The lowest BCUT2D eigenvalue weighted by Gasteiger charge is -2.10. The summed E-state index contributed by atoms with van der Waals surface area (Å²) in [5.74, 6) is -0.742. The van der Waals surface area contributed by atoms with Gasteiger partial charge in [0.25, 0.3) is 11.4 Å². The summed E-state index contributed by atoms with van der Waals surface area (Å²) in [5.41, 5.74) is 4.99. The predicted octanol–water partition coefficient (Wildman–Crippen LogP) is 6.07. The standard InChI is InChI=1S/C32H25N5O9/c1-20-3-4-21(2)35(20)24-9-12-27(13-10-24)44-19-28-14-16-30(45-28)31(38)34-33-18-23-17-26(37(42)43)11-15-29(23)46-32(39)22-5-7-25(8-6-22)36(40)41/h3-18H,19H2,1-2H3,(H,34,38)/b33-18+. The number of hydrogen-bond donors (Lipinski definition) is 1. The molecular formula is C32H25N5O9. The number of furan rings is 1. The van der Waals surface area contributed by atoms with E-state index in [0.29, 0.717) is 11.5 Å². The normalized spacial score (nSPS) is 10.9. The van der Waals surface area contributed by atoms with Crippen molar-refractivity contribution in [1.82, 2.24) is 9.99 Å². The van der Waals surface area contributed by atoms with Gasteiger partial charge in [0, 0.05) is 46.9 Å². The van der Waals surface area contributed by atoms with Crippen LogP contribution in [-0.2, 0) is 6.61 Å². The molecule has 0 aliphatic heterocycles. The first-order valence-electron chi connectivity index (χ1n) is 13.6. The van der Waals surface area contributed by atoms with Crippen LogP contribution in [0.5, 0.6) is 11.5 Å². The van der Waals surface area contributed by atoms with Crippen LogP contribution in [-0.4, -0.2) is 32.5 Å². The maximum Gasteiger partial charge on any atom is 0.343 e. The van der Waals surface area contributed by atoms with Gasteiger partial charge in [-0.15, -0.1) is 0 Å². The van der Waals surface area contributed by atoms with E-state index in [1.807, 2.05) is 50.2 Å². The van der Waals surface area contributed by atoms with Crippen molar-refractivity contribution < 1.29 is 33.3 Å². The van der Waals surface area contributed by atoms with Crippen molar-refractivity contribution in [2.75, 3.05) is 0 Å². The van der Waals surface area contributed by atoms with E-state index < -0.39 is 21.7 Å². The third-order valence-electron chi connectivity index (χ3n) is 6.72. The Bertz CT molecular complexity index is 1940. The van der Waals surface area contributed by atoms with Gasteiger partial charge in [-0.05, 0) is 80.6 Å². The van der Waals surface area contributed by atoms with Gasteiger partial charge in [-0.25, -0.2) is 10.2 Å². The minimum Gasteiger partial charge on any atom is -0.486 e. The van der Waals surface area contributed by atoms with Crippen LogP contribution in [0.1, 0.15) is 43.6 Å². The Balaban J connectivity index is 1.20. The van der Waals surface area contributed by atoms with Gasteiger partial charge in [0.2, 0.25) is 0 Å². The lowest BCUT2D eigenvalue weighted by atomic mass is 10.2. The molecule has 2 aromatic heterocycles. The average Bonchev–Trinajstić information content (AvgIpc) is 3.66. The number of non-ortho nitro benzene ring substituents is 2. The number of rotatable bonds is 11. The van der Waals surface area contributed by atoms with Crippen LogP contribution in [0.3, 0.4) is 0 Å². The summed E-state index contributed by atoms with van der Waals surface area (Å²) < 4.78 is 18.8. The molecular weight excluding hydrogens is 598 g/mol. The Labute approximate surface area is 260 Å². The van der Waals surface area contributed by atoms with Gasteiger partial charge in [-0.1, -0.05) is 0 Å². The van der Waals surface area contributed by atoms with Crippen molar-refractivity contribution in [1.29, 1.82) is 0 Å². The molecule has 0 fully saturated rings. The molecule has 232 valence electrons. The molecule has 5 rings (SSSR count). The van der Waals surface area contributed by atoms with E-state index in [-0.39, 0.29) is 40.6 Å². The highest BCUT2D eigenvalue weighted by atomic mass is 16.6. The topological polar surface area (TPSA) is 181 Å². The Hall–Kier alpha value is -6.57. The van der Waals surface area contributed by atoms with Crippen molar-refractivity contribution in [3.05, 3.63) is 145 Å². The number of nitro benzene ring substituents is 2. The van der Waals surface area contributed by atoms with Crippen LogP contribution < -0.4 is 14.9 Å². The van der Waals surface area contributed by atoms with Gasteiger partial charge in [0.1, 0.15) is 23.9 Å². The minimum absolute atomic E-state index is 0.00594. The number of aromatic nitrogens is 1. The van der Waals surface area contributed by atoms with Crippen molar-refractivity contribution in [2.24, 2.45) is 5.10 Å². The lowest BCUT2D eigenvalue weighted by molar-refractivity contribution is -0.385. The molecule has 3 aromatic carbocycles. The molecule has 0 unspecified atom stereocenters. The van der Waals surface area contributed by atoms with E-state index in [1.54, 1.807) is 6.07 Å². The number of carbonyl (C=O) groups is 2. The first kappa shape index (κ1) is 30.9. The molecule has 0 aliphatic rings. The SMILES string of the molecule is Cc1ccc(C)n1-c1ccc(OCc2ccc(C(=O)N/N=C/c3cc([N+](=O)[O-])ccc3OC(=O)c3ccc([N+](=O)[O-])cc3)o2)cc1. The zero-order chi connectivity index (χ0) is 32.8. The fraction of sp³-hybridized carbons (Fsp3) is 0.0938. The van der Waals surface area contributed by atoms with Crippen LogP contribution in [0, 0.1) is 34.1 Å². The minimum atomic E-state index is -0.866. The van der Waals surface area contributed by atoms with E-state index >= 15 is 0 Å². The van der Waals surface area contributed by atoms with Crippen LogP contribution in [0.15, 0.2) is 101 Å². The predicted molar refractivity (Wildman–Crippen MR) is 164 cm³/mol. The number of ether oxygens (including phenoxy) is 2. The Kier molecular flexibility index (Phi) is 8.98. The monoisotopic (exact) mass is 623 g/mol. The van der Waals surface area contributed by atoms with Crippen LogP contribution in [0.25, 0.3) is 5.69 Å². The van der Waals surface area contributed by atoms with E-state index in [4.69, 9.17) is 13.9 Å². The van der Waals surface area contributed by atoms with Crippen molar-refractivity contribution in [3.63, 3.8) is 0 Å². The molecule has 0 aliphatic carbocycles. The highest BCUT2D eigenvalue weighted by Crippen LogP contribution is 2.25. The molecule has 5 aromatic rings. The van der Waals surface area contributed by atoms with Crippen molar-refractivity contribution >= 4 is 29.5 Å². The quantitative estimate of drug-likeness (QED) is 0.0600. The number of amides is 1. The first-order chi connectivity index (χ1) is 22.1. The smallest absolute Gasteiger partial charge is 0.343 e. The fourth-order valence-electron chi connectivity index (χ4n) is 4.44. The second-order valence-corrected chi connectivity index (χ2v) is 9.87. The third-order valence-corrected chi connectivity index (χ3v) is 6.72. The number of carbonyl (C=O) groups excluding carboxylic acids is 2. The Morgan fingerprint density at radius 3 is 2.17 bits per heavy atom. The Morgan fingerprint density at radius 2 is 1.52 bits per heavy atom. The second-order valence-electron chi connectivity index (χ2n) is 9.87. The van der Waals surface area contributed by atoms with Gasteiger partial charge in [-0.3, -0.25) is 25.0 Å². The number of nitro groups is 2. The molecule has 0 saturated heterocycles. The highest BCUT2D eigenvalue weighted by Gasteiger charge is 2.17. The number of aryl methyl sites for hydroxylation is 2. The molecule has 14 nitrogen and oxygen atoms in total. The first-order valence-corrected chi connectivity index (χ1v) is 13.6. The molecule has 14 heteroatoms. The number of nitrogens with zero attached hydrogens (tertiary/aromatic N) is 4. The van der Waals surface area contributed by atoms with Crippen LogP contribution >= 0.6 is 0 Å². The largest absolute Gasteiger partial charge is 0.486 e. The van der Waals surface area contributed by atoms with Gasteiger partial charge in [-0.2, -0.15) is 5.10 Å². The third kappa shape index (κ3) is 7.14. The van der Waals surface area contributed by atoms with E-state index in [1.165, 1.54) is 24.3 Å². The van der Waals surface area contributed by atoms with Gasteiger partial charge >= 0.3 is 11.9 Å². The second kappa shape index (κ2) is 13.4. The van der Waals surface area contributed by atoms with Gasteiger partial charge < -0.3 is 18.5 Å². The van der Waals surface area contributed by atoms with E-state index in [9.17, 15) is 29.8 Å². The molecule has 0 radical (unpaired) electrons. The number of nitrogens with one attached hydrogen (secondary N) is 1. The van der Waals surface area contributed by atoms with E-state index in [2.05, 4.69) is 15.1 Å². The summed E-state index contributed by atoms with van der Waals surface area (Å²) in [6, 6.07) is 22.8. The number of hydrogen-bond acceptors (Lipinski definition) is 10. The van der Waals surface area contributed by atoms with Gasteiger partial charge in [0.15, 0.2) is 5.76 Å². The average molecular weight is 624 g/mol. The summed E-state index contributed by atoms with van der Waals surface area (Å²) in [7, 11) is 0. The zero-order valence-electron chi connectivity index (χ0n) is 24.4. The molecule has 0 bridgehead atoms. The molecule has 46 heavy (non-hydrogen) atoms. The molecule has 0 saturated carbocycles. The van der Waals surface area contributed by atoms with Gasteiger partial charge in [0.05, 0.1) is 21.6 Å². The summed E-state index contributed by atoms with van der Waals surface area (Å²) in [4.78, 5) is 46.1. The van der Waals surface area contributed by atoms with Crippen LogP contribution in [0.4, 0.5) is 11.4 Å². The molecule has 1 N–H and O–H groups in total. The highest BCUT2D eigenvalue weighted by molar-refractivity contribution is 5.95. The van der Waals surface area contributed by atoms with Crippen molar-refractivity contribution in [3.8, 4) is 17.2 Å². The Morgan fingerprint density at radius 1 is 0.870 bits per heavy atom. The number of esters is 1. The molecule has 0 atom stereocenters. The lowest BCUT2D eigenvalue weighted by Crippen LogP contribution is -2.17. The molecule has 0 spiro atoms. The summed E-state index contributed by atoms with van der Waals surface area (Å²) >= 11 is 0.